The summed E-state index contributed by atoms with van der Waals surface area (Å²) in [6.07, 6.45) is 16.0. The first-order valence-corrected chi connectivity index (χ1v) is 15.3. The largest absolute Gasteiger partial charge is 0.477 e. The second kappa shape index (κ2) is 36.1. The first kappa shape index (κ1) is 42.1. The van der Waals surface area contributed by atoms with Crippen LogP contribution in [0.25, 0.3) is 0 Å². The molecule has 0 aliphatic rings. The number of hydrogen-bond donors (Lipinski definition) is 2. The Hall–Kier alpha value is -1.04. The average molecular weight is 526 g/mol. The number of rotatable bonds is 18. The minimum atomic E-state index is 0.149. The molecular weight excluding hydrogens is 463 g/mol. The molecule has 1 N–H and O–H groups in total. The average Bonchev–Trinajstić information content (AvgIpc) is 2.92. The number of carbonyl (C=O) groups is 1. The van der Waals surface area contributed by atoms with Gasteiger partial charge in [0.15, 0.2) is 0 Å². The Kier molecular flexibility index (Phi) is 42.2. The molecule has 0 fully saturated rings. The van der Waals surface area contributed by atoms with E-state index in [-0.39, 0.29) is 5.90 Å². The van der Waals surface area contributed by atoms with Gasteiger partial charge in [-0.2, -0.15) is 0 Å². The van der Waals surface area contributed by atoms with Gasteiger partial charge >= 0.3 is 0 Å². The Balaban J connectivity index is -0.000000262. The number of carbonyl (C=O) groups excluding carboxylic acids is 1. The van der Waals surface area contributed by atoms with Crippen LogP contribution in [0.2, 0.25) is 6.32 Å². The minimum absolute atomic E-state index is 0.149. The number of thiol groups is 1. The summed E-state index contributed by atoms with van der Waals surface area (Å²) in [6, 6.07) is 0. The number of hydrogen-bond acceptors (Lipinski definition) is 5. The lowest BCUT2D eigenvalue weighted by Gasteiger charge is -2.11. The van der Waals surface area contributed by atoms with Crippen molar-refractivity contribution in [1.29, 1.82) is 5.41 Å². The van der Waals surface area contributed by atoms with Gasteiger partial charge in [-0.1, -0.05) is 132 Å². The molecule has 0 rings (SSSR count). The first-order valence-electron chi connectivity index (χ1n) is 14.9. The lowest BCUT2D eigenvalue weighted by Crippen LogP contribution is -2.19. The van der Waals surface area contributed by atoms with Gasteiger partial charge in [0, 0.05) is 0 Å². The van der Waals surface area contributed by atoms with Crippen molar-refractivity contribution in [3.63, 3.8) is 0 Å². The van der Waals surface area contributed by atoms with Crippen molar-refractivity contribution in [2.24, 2.45) is 10.3 Å². The Morgan fingerprint density at radius 3 is 2.00 bits per heavy atom. The highest BCUT2D eigenvalue weighted by Crippen LogP contribution is 2.11. The molecule has 0 saturated carbocycles. The van der Waals surface area contributed by atoms with E-state index in [1.807, 2.05) is 35.0 Å². The molecule has 1 unspecified atom stereocenters. The molecule has 0 aromatic heterocycles. The van der Waals surface area contributed by atoms with Crippen LogP contribution in [0.15, 0.2) is 16.0 Å². The third-order valence-electron chi connectivity index (χ3n) is 5.40. The first-order chi connectivity index (χ1) is 17.4. The second-order valence-corrected chi connectivity index (χ2v) is 8.64. The highest BCUT2D eigenvalue weighted by molar-refractivity contribution is 7.79. The van der Waals surface area contributed by atoms with Crippen molar-refractivity contribution in [3.8, 4) is 0 Å². The van der Waals surface area contributed by atoms with Crippen LogP contribution in [0.1, 0.15) is 146 Å². The van der Waals surface area contributed by atoms with Gasteiger partial charge < -0.3 is 9.53 Å². The SMILES string of the molecule is CC.CC.CCC/C=C(CC)/C(=N/S)C(=N)OCCCCCC.CCCCCC(=O)[B]CC(C)CC. The molecule has 4 nitrogen and oxygen atoms in total. The van der Waals surface area contributed by atoms with E-state index in [1.54, 1.807) is 0 Å². The van der Waals surface area contributed by atoms with Gasteiger partial charge in [-0.15, -0.1) is 0 Å². The molecule has 0 aromatic rings. The Morgan fingerprint density at radius 2 is 1.53 bits per heavy atom. The molecule has 213 valence electrons. The summed E-state index contributed by atoms with van der Waals surface area (Å²) >= 11 is 3.98. The lowest BCUT2D eigenvalue weighted by atomic mass is 9.64. The fourth-order valence-electron chi connectivity index (χ4n) is 2.90. The Morgan fingerprint density at radius 1 is 0.944 bits per heavy atom. The van der Waals surface area contributed by atoms with Gasteiger partial charge in [-0.3, -0.25) is 5.41 Å². The molecule has 0 bridgehead atoms. The van der Waals surface area contributed by atoms with Crippen LogP contribution >= 0.6 is 12.8 Å². The van der Waals surface area contributed by atoms with E-state index in [9.17, 15) is 4.79 Å². The van der Waals surface area contributed by atoms with Crippen molar-refractivity contribution in [1.82, 2.24) is 0 Å². The standard InChI is InChI=1S/C15H28N2OS.C11H22BO.2C2H6/c1-4-7-9-10-12-18-15(16)14(17-19)13(6-3)11-8-5-2;1-4-6-7-8-11(13)12-9-10(3)5-2;2*1-2/h11,16,19H,4-10,12H2,1-3H3;10H,4-9H2,1-3H3;2*1-2H3/b13-11+,16-15?,17-14-;;;. The molecule has 0 amide bonds. The summed E-state index contributed by atoms with van der Waals surface area (Å²) in [5.41, 5.74) is 1.97. The van der Waals surface area contributed by atoms with Crippen molar-refractivity contribution < 1.29 is 9.53 Å². The minimum Gasteiger partial charge on any atom is -0.477 e. The monoisotopic (exact) mass is 525 g/mol. The molecular formula is C30H62BN2O2S. The summed E-state index contributed by atoms with van der Waals surface area (Å²) in [5.74, 6) is 0.811. The van der Waals surface area contributed by atoms with Crippen molar-refractivity contribution in [2.45, 2.75) is 153 Å². The van der Waals surface area contributed by atoms with Gasteiger partial charge in [0.05, 0.1) is 12.3 Å². The van der Waals surface area contributed by atoms with Crippen LogP contribution < -0.4 is 0 Å². The second-order valence-electron chi connectivity index (χ2n) is 8.44. The predicted molar refractivity (Wildman–Crippen MR) is 169 cm³/mol. The van der Waals surface area contributed by atoms with Crippen molar-refractivity contribution >= 4 is 37.4 Å². The molecule has 0 aromatic carbocycles. The maximum atomic E-state index is 11.3. The molecule has 6 heteroatoms. The summed E-state index contributed by atoms with van der Waals surface area (Å²) in [5, 5.41) is 7.95. The zero-order valence-corrected chi connectivity index (χ0v) is 26.7. The van der Waals surface area contributed by atoms with E-state index in [4.69, 9.17) is 10.1 Å². The predicted octanol–water partition coefficient (Wildman–Crippen LogP) is 10.3. The van der Waals surface area contributed by atoms with Gasteiger partial charge in [-0.05, 0) is 50.5 Å². The number of unbranched alkanes of at least 4 members (excludes halogenated alkanes) is 6. The van der Waals surface area contributed by atoms with Crippen LogP contribution in [-0.4, -0.2) is 31.2 Å². The molecule has 0 heterocycles. The fourth-order valence-corrected chi connectivity index (χ4v) is 3.12. The Labute approximate surface area is 233 Å². The third kappa shape index (κ3) is 29.2. The summed E-state index contributed by atoms with van der Waals surface area (Å²) in [6.45, 7) is 21.5. The maximum Gasteiger partial charge on any atom is 0.233 e. The van der Waals surface area contributed by atoms with Crippen LogP contribution in [0.3, 0.4) is 0 Å². The zero-order chi connectivity index (χ0) is 28.6. The lowest BCUT2D eigenvalue weighted by molar-refractivity contribution is -0.112. The van der Waals surface area contributed by atoms with E-state index in [2.05, 4.69) is 64.8 Å². The number of nitrogens with zero attached hydrogens (tertiary/aromatic N) is 1. The molecule has 0 aliphatic carbocycles. The smallest absolute Gasteiger partial charge is 0.233 e. The van der Waals surface area contributed by atoms with Gasteiger partial charge in [-0.25, -0.2) is 4.40 Å². The molecule has 36 heavy (non-hydrogen) atoms. The van der Waals surface area contributed by atoms with Gasteiger partial charge in [0.2, 0.25) is 13.2 Å². The fraction of sp³-hybridized carbons (Fsp3) is 0.833. The van der Waals surface area contributed by atoms with Crippen molar-refractivity contribution in [3.05, 3.63) is 11.6 Å². The molecule has 1 radical (unpaired) electrons. The maximum absolute atomic E-state index is 11.3. The third-order valence-corrected chi connectivity index (χ3v) is 5.60. The molecule has 0 aliphatic heterocycles. The summed E-state index contributed by atoms with van der Waals surface area (Å²) < 4.78 is 9.39. The highest BCUT2D eigenvalue weighted by Gasteiger charge is 2.12. The molecule has 0 spiro atoms. The van der Waals surface area contributed by atoms with Gasteiger partial charge in [0.25, 0.3) is 0 Å². The van der Waals surface area contributed by atoms with E-state index in [1.165, 1.54) is 32.1 Å². The van der Waals surface area contributed by atoms with Crippen LogP contribution in [-0.2, 0) is 9.53 Å². The topological polar surface area (TPSA) is 62.5 Å². The summed E-state index contributed by atoms with van der Waals surface area (Å²) in [7, 11) is 1.88. The molecule has 1 atom stereocenters. The zero-order valence-electron chi connectivity index (χ0n) is 25.8. The van der Waals surface area contributed by atoms with E-state index >= 15 is 0 Å². The van der Waals surface area contributed by atoms with E-state index in [0.29, 0.717) is 23.9 Å². The van der Waals surface area contributed by atoms with Crippen LogP contribution in [0, 0.1) is 11.3 Å². The van der Waals surface area contributed by atoms with Crippen molar-refractivity contribution in [2.75, 3.05) is 6.61 Å². The highest BCUT2D eigenvalue weighted by atomic mass is 32.1. The number of nitrogens with one attached hydrogen (secondary N) is 1. The quantitative estimate of drug-likeness (QED) is 0.0614. The van der Waals surface area contributed by atoms with Crippen LogP contribution in [0.5, 0.6) is 0 Å². The molecule has 0 saturated heterocycles. The number of allylic oxidation sites excluding steroid dienone is 1. The van der Waals surface area contributed by atoms with Gasteiger partial charge in [0.1, 0.15) is 5.71 Å². The van der Waals surface area contributed by atoms with E-state index in [0.717, 1.165) is 56.8 Å². The van der Waals surface area contributed by atoms with Crippen LogP contribution in [0.4, 0.5) is 0 Å². The normalized spacial score (nSPS) is 11.5. The summed E-state index contributed by atoms with van der Waals surface area (Å²) in [4.78, 5) is 11.3. The number of ether oxygens (including phenoxy) is 1. The van der Waals surface area contributed by atoms with E-state index < -0.39 is 0 Å². The Bertz CT molecular complexity index is 537.